The Balaban J connectivity index is 1.63. The first kappa shape index (κ1) is 13.0. The zero-order valence-electron chi connectivity index (χ0n) is 11.1. The minimum absolute atomic E-state index is 0.177. The second-order valence-corrected chi connectivity index (χ2v) is 4.37. The van der Waals surface area contributed by atoms with E-state index in [0.29, 0.717) is 22.8 Å². The van der Waals surface area contributed by atoms with Gasteiger partial charge in [0.2, 0.25) is 6.79 Å². The van der Waals surface area contributed by atoms with Gasteiger partial charge in [-0.3, -0.25) is 20.6 Å². The van der Waals surface area contributed by atoms with Gasteiger partial charge in [-0.1, -0.05) is 6.58 Å². The molecule has 0 spiro atoms. The van der Waals surface area contributed by atoms with Crippen molar-refractivity contribution in [2.45, 2.75) is 0 Å². The Kier molecular flexibility index (Phi) is 3.42. The standard InChI is InChI=1S/C15H13N3O3/c1-10(12-3-2-6-16-8-12)17-18-15(19)11-4-5-13-14(7-11)21-9-20-13/h2-8,17H,1,9H2,(H,18,19). The van der Waals surface area contributed by atoms with E-state index in [1.165, 1.54) is 0 Å². The maximum absolute atomic E-state index is 12.1. The Morgan fingerprint density at radius 2 is 2.00 bits per heavy atom. The van der Waals surface area contributed by atoms with Crippen LogP contribution < -0.4 is 20.3 Å². The highest BCUT2D eigenvalue weighted by molar-refractivity contribution is 5.95. The predicted octanol–water partition coefficient (Wildman–Crippen LogP) is 1.72. The number of hydrazine groups is 1. The molecule has 0 atom stereocenters. The van der Waals surface area contributed by atoms with Crippen molar-refractivity contribution in [1.82, 2.24) is 15.8 Å². The Morgan fingerprint density at radius 3 is 2.81 bits per heavy atom. The lowest BCUT2D eigenvalue weighted by atomic mass is 10.2. The largest absolute Gasteiger partial charge is 0.454 e. The number of benzene rings is 1. The van der Waals surface area contributed by atoms with Gasteiger partial charge in [0.15, 0.2) is 11.5 Å². The summed E-state index contributed by atoms with van der Waals surface area (Å²) in [4.78, 5) is 16.0. The van der Waals surface area contributed by atoms with Crippen molar-refractivity contribution in [3.63, 3.8) is 0 Å². The number of amides is 1. The summed E-state index contributed by atoms with van der Waals surface area (Å²) in [6, 6.07) is 8.63. The topological polar surface area (TPSA) is 72.5 Å². The van der Waals surface area contributed by atoms with Gasteiger partial charge in [-0.25, -0.2) is 0 Å². The molecule has 0 radical (unpaired) electrons. The average molecular weight is 283 g/mol. The Hall–Kier alpha value is -3.02. The van der Waals surface area contributed by atoms with Crippen molar-refractivity contribution in [2.24, 2.45) is 0 Å². The van der Waals surface area contributed by atoms with Crippen LogP contribution in [0.1, 0.15) is 15.9 Å². The zero-order chi connectivity index (χ0) is 14.7. The molecule has 21 heavy (non-hydrogen) atoms. The van der Waals surface area contributed by atoms with Crippen LogP contribution in [0.25, 0.3) is 5.70 Å². The van der Waals surface area contributed by atoms with Crippen molar-refractivity contribution in [3.8, 4) is 11.5 Å². The summed E-state index contributed by atoms with van der Waals surface area (Å²) in [5, 5.41) is 0. The smallest absolute Gasteiger partial charge is 0.269 e. The van der Waals surface area contributed by atoms with Crippen LogP contribution >= 0.6 is 0 Å². The van der Waals surface area contributed by atoms with E-state index in [1.54, 1.807) is 36.7 Å². The zero-order valence-corrected chi connectivity index (χ0v) is 11.1. The molecule has 1 amide bonds. The molecule has 0 saturated carbocycles. The number of nitrogens with one attached hydrogen (secondary N) is 2. The highest BCUT2D eigenvalue weighted by atomic mass is 16.7. The lowest BCUT2D eigenvalue weighted by molar-refractivity contribution is 0.0942. The van der Waals surface area contributed by atoms with Crippen LogP contribution in [-0.2, 0) is 0 Å². The first-order valence-electron chi connectivity index (χ1n) is 6.29. The van der Waals surface area contributed by atoms with E-state index in [1.807, 2.05) is 6.07 Å². The number of hydrogen-bond donors (Lipinski definition) is 2. The summed E-state index contributed by atoms with van der Waals surface area (Å²) in [6.45, 7) is 4.01. The van der Waals surface area contributed by atoms with Gasteiger partial charge < -0.3 is 9.47 Å². The molecule has 2 aromatic rings. The Morgan fingerprint density at radius 1 is 1.14 bits per heavy atom. The lowest BCUT2D eigenvalue weighted by Crippen LogP contribution is -2.35. The van der Waals surface area contributed by atoms with Gasteiger partial charge in [0, 0.05) is 23.5 Å². The molecule has 106 valence electrons. The minimum Gasteiger partial charge on any atom is -0.454 e. The summed E-state index contributed by atoms with van der Waals surface area (Å²) in [7, 11) is 0. The van der Waals surface area contributed by atoms with Crippen LogP contribution in [0.5, 0.6) is 11.5 Å². The molecule has 2 heterocycles. The second-order valence-electron chi connectivity index (χ2n) is 4.37. The minimum atomic E-state index is -0.293. The van der Waals surface area contributed by atoms with Gasteiger partial charge in [-0.05, 0) is 30.3 Å². The molecule has 1 aromatic carbocycles. The van der Waals surface area contributed by atoms with Gasteiger partial charge in [0.05, 0.1) is 5.70 Å². The number of rotatable bonds is 4. The third-order valence-corrected chi connectivity index (χ3v) is 2.97. The third-order valence-electron chi connectivity index (χ3n) is 2.97. The van der Waals surface area contributed by atoms with Crippen LogP contribution in [-0.4, -0.2) is 17.7 Å². The van der Waals surface area contributed by atoms with Crippen LogP contribution in [0.15, 0.2) is 49.3 Å². The lowest BCUT2D eigenvalue weighted by Gasteiger charge is -2.11. The summed E-state index contributed by atoms with van der Waals surface area (Å²) in [5.74, 6) is 0.909. The molecular weight excluding hydrogens is 270 g/mol. The molecule has 3 rings (SSSR count). The highest BCUT2D eigenvalue weighted by Crippen LogP contribution is 2.32. The first-order chi connectivity index (χ1) is 10.2. The number of pyridine rings is 1. The van der Waals surface area contributed by atoms with E-state index in [-0.39, 0.29) is 12.7 Å². The van der Waals surface area contributed by atoms with E-state index >= 15 is 0 Å². The van der Waals surface area contributed by atoms with E-state index in [2.05, 4.69) is 22.4 Å². The molecule has 1 aliphatic rings. The molecule has 0 saturated heterocycles. The van der Waals surface area contributed by atoms with Gasteiger partial charge in [0.1, 0.15) is 0 Å². The Bertz CT molecular complexity index is 686. The van der Waals surface area contributed by atoms with Crippen molar-refractivity contribution in [2.75, 3.05) is 6.79 Å². The molecule has 0 fully saturated rings. The van der Waals surface area contributed by atoms with Crippen LogP contribution in [0.2, 0.25) is 0 Å². The summed E-state index contributed by atoms with van der Waals surface area (Å²) in [6.07, 6.45) is 3.32. The van der Waals surface area contributed by atoms with Crippen molar-refractivity contribution in [1.29, 1.82) is 0 Å². The van der Waals surface area contributed by atoms with E-state index in [4.69, 9.17) is 9.47 Å². The third kappa shape index (κ3) is 2.79. The maximum atomic E-state index is 12.1. The number of aromatic nitrogens is 1. The number of carbonyl (C=O) groups is 1. The molecule has 2 N–H and O–H groups in total. The fourth-order valence-electron chi connectivity index (χ4n) is 1.86. The number of hydrogen-bond acceptors (Lipinski definition) is 5. The van der Waals surface area contributed by atoms with Gasteiger partial charge in [-0.15, -0.1) is 0 Å². The highest BCUT2D eigenvalue weighted by Gasteiger charge is 2.16. The fraction of sp³-hybridized carbons (Fsp3) is 0.0667. The molecular formula is C15H13N3O3. The molecule has 6 nitrogen and oxygen atoms in total. The molecule has 1 aromatic heterocycles. The summed E-state index contributed by atoms with van der Waals surface area (Å²) >= 11 is 0. The molecule has 6 heteroatoms. The normalized spacial score (nSPS) is 11.8. The maximum Gasteiger partial charge on any atom is 0.269 e. The van der Waals surface area contributed by atoms with Crippen molar-refractivity contribution >= 4 is 11.6 Å². The SMILES string of the molecule is C=C(NNC(=O)c1ccc2c(c1)OCO2)c1cccnc1. The fourth-order valence-corrected chi connectivity index (χ4v) is 1.86. The Labute approximate surface area is 121 Å². The van der Waals surface area contributed by atoms with E-state index in [9.17, 15) is 4.79 Å². The predicted molar refractivity (Wildman–Crippen MR) is 76.4 cm³/mol. The van der Waals surface area contributed by atoms with Gasteiger partial charge in [0.25, 0.3) is 5.91 Å². The van der Waals surface area contributed by atoms with Crippen LogP contribution in [0.3, 0.4) is 0 Å². The van der Waals surface area contributed by atoms with Crippen LogP contribution in [0, 0.1) is 0 Å². The molecule has 0 aliphatic carbocycles. The summed E-state index contributed by atoms with van der Waals surface area (Å²) in [5.41, 5.74) is 7.15. The van der Waals surface area contributed by atoms with Gasteiger partial charge >= 0.3 is 0 Å². The first-order valence-corrected chi connectivity index (χ1v) is 6.29. The molecule has 0 unspecified atom stereocenters. The number of fused-ring (bicyclic) bond motifs is 1. The van der Waals surface area contributed by atoms with E-state index in [0.717, 1.165) is 5.56 Å². The molecule has 0 bridgehead atoms. The number of ether oxygens (including phenoxy) is 2. The van der Waals surface area contributed by atoms with Crippen molar-refractivity contribution in [3.05, 3.63) is 60.4 Å². The number of carbonyl (C=O) groups excluding carboxylic acids is 1. The van der Waals surface area contributed by atoms with Gasteiger partial charge in [-0.2, -0.15) is 0 Å². The number of nitrogens with zero attached hydrogens (tertiary/aromatic N) is 1. The molecule has 1 aliphatic heterocycles. The summed E-state index contributed by atoms with van der Waals surface area (Å²) < 4.78 is 10.4. The monoisotopic (exact) mass is 283 g/mol. The second kappa shape index (κ2) is 5.54. The van der Waals surface area contributed by atoms with Crippen LogP contribution in [0.4, 0.5) is 0 Å². The van der Waals surface area contributed by atoms with Crippen molar-refractivity contribution < 1.29 is 14.3 Å². The quantitative estimate of drug-likeness (QED) is 0.836. The average Bonchev–Trinajstić information content (AvgIpc) is 3.00. The van der Waals surface area contributed by atoms with E-state index < -0.39 is 0 Å².